The zero-order valence-corrected chi connectivity index (χ0v) is 13.6. The summed E-state index contributed by atoms with van der Waals surface area (Å²) in [5, 5.41) is 9.18. The van der Waals surface area contributed by atoms with Gasteiger partial charge in [-0.25, -0.2) is 0 Å². The molecule has 4 rings (SSSR count). The number of carbonyl (C=O) groups is 1. The normalized spacial score (nSPS) is 18.0. The highest BCUT2D eigenvalue weighted by Gasteiger charge is 2.31. The first-order valence-electron chi connectivity index (χ1n) is 8.24. The Morgan fingerprint density at radius 3 is 3.00 bits per heavy atom. The number of benzene rings is 1. The number of hydrogen-bond donors (Lipinski definition) is 0. The summed E-state index contributed by atoms with van der Waals surface area (Å²) in [6.07, 6.45) is 6.50. The van der Waals surface area contributed by atoms with Crippen molar-refractivity contribution in [2.45, 2.75) is 25.3 Å². The average molecular weight is 321 g/mol. The summed E-state index contributed by atoms with van der Waals surface area (Å²) >= 11 is 0. The first-order chi connectivity index (χ1) is 11.7. The van der Waals surface area contributed by atoms with Crippen LogP contribution in [0.4, 0.5) is 0 Å². The van der Waals surface area contributed by atoms with Crippen LogP contribution in [0, 0.1) is 0 Å². The van der Waals surface area contributed by atoms with Gasteiger partial charge in [0.05, 0.1) is 11.6 Å². The second-order valence-electron chi connectivity index (χ2n) is 6.22. The van der Waals surface area contributed by atoms with Crippen LogP contribution in [0.5, 0.6) is 0 Å². The monoisotopic (exact) mass is 321 g/mol. The number of fused-ring (bicyclic) bond motifs is 1. The lowest BCUT2D eigenvalue weighted by atomic mass is 9.99. The minimum atomic E-state index is -0.0108. The SMILES string of the molecule is Cn1cnnc1C1CCCCN1C(=O)c1ccc2ncccc2c1. The van der Waals surface area contributed by atoms with Gasteiger partial charge in [0.2, 0.25) is 0 Å². The fourth-order valence-corrected chi connectivity index (χ4v) is 3.41. The molecule has 3 aromatic rings. The second kappa shape index (κ2) is 6.03. The van der Waals surface area contributed by atoms with Gasteiger partial charge in [-0.15, -0.1) is 10.2 Å². The van der Waals surface area contributed by atoms with Gasteiger partial charge >= 0.3 is 0 Å². The minimum Gasteiger partial charge on any atom is -0.328 e. The highest BCUT2D eigenvalue weighted by atomic mass is 16.2. The summed E-state index contributed by atoms with van der Waals surface area (Å²) < 4.78 is 1.90. The van der Waals surface area contributed by atoms with Crippen molar-refractivity contribution in [2.75, 3.05) is 6.54 Å². The van der Waals surface area contributed by atoms with Crippen molar-refractivity contribution >= 4 is 16.8 Å². The smallest absolute Gasteiger partial charge is 0.254 e. The maximum Gasteiger partial charge on any atom is 0.254 e. The summed E-state index contributed by atoms with van der Waals surface area (Å²) in [6, 6.07) is 9.55. The number of hydrogen-bond acceptors (Lipinski definition) is 4. The molecule has 2 aromatic heterocycles. The van der Waals surface area contributed by atoms with E-state index < -0.39 is 0 Å². The lowest BCUT2D eigenvalue weighted by molar-refractivity contribution is 0.0596. The topological polar surface area (TPSA) is 63.9 Å². The quantitative estimate of drug-likeness (QED) is 0.728. The molecule has 0 radical (unpaired) electrons. The fourth-order valence-electron chi connectivity index (χ4n) is 3.41. The molecule has 0 spiro atoms. The van der Waals surface area contributed by atoms with E-state index in [1.807, 2.05) is 46.8 Å². The molecule has 0 saturated carbocycles. The van der Waals surface area contributed by atoms with E-state index in [2.05, 4.69) is 15.2 Å². The van der Waals surface area contributed by atoms with Crippen LogP contribution in [0.1, 0.15) is 41.5 Å². The summed E-state index contributed by atoms with van der Waals surface area (Å²) in [4.78, 5) is 19.4. The molecule has 1 amide bonds. The van der Waals surface area contributed by atoms with Crippen molar-refractivity contribution in [1.82, 2.24) is 24.6 Å². The van der Waals surface area contributed by atoms with Gasteiger partial charge in [0, 0.05) is 30.7 Å². The van der Waals surface area contributed by atoms with Gasteiger partial charge < -0.3 is 9.47 Å². The predicted octanol–water partition coefficient (Wildman–Crippen LogP) is 2.73. The third-order valence-electron chi connectivity index (χ3n) is 4.66. The number of carbonyl (C=O) groups excluding carboxylic acids is 1. The van der Waals surface area contributed by atoms with Crippen LogP contribution >= 0.6 is 0 Å². The lowest BCUT2D eigenvalue weighted by Gasteiger charge is -2.35. The van der Waals surface area contributed by atoms with Crippen LogP contribution in [0.25, 0.3) is 10.9 Å². The van der Waals surface area contributed by atoms with E-state index >= 15 is 0 Å². The van der Waals surface area contributed by atoms with Crippen molar-refractivity contribution in [3.8, 4) is 0 Å². The molecule has 6 nitrogen and oxygen atoms in total. The number of pyridine rings is 1. The van der Waals surface area contributed by atoms with Crippen LogP contribution in [-0.4, -0.2) is 37.1 Å². The van der Waals surface area contributed by atoms with Crippen molar-refractivity contribution < 1.29 is 4.79 Å². The molecule has 1 saturated heterocycles. The standard InChI is InChI=1S/C18H19N5O/c1-22-12-20-21-17(22)16-6-2-3-10-23(16)18(24)14-7-8-15-13(11-14)5-4-9-19-15/h4-5,7-9,11-12,16H,2-3,6,10H2,1H3. The van der Waals surface area contributed by atoms with E-state index in [0.717, 1.165) is 42.5 Å². The Morgan fingerprint density at radius 2 is 2.17 bits per heavy atom. The number of aromatic nitrogens is 4. The minimum absolute atomic E-state index is 0.0108. The first kappa shape index (κ1) is 14.8. The highest BCUT2D eigenvalue weighted by Crippen LogP contribution is 2.31. The summed E-state index contributed by atoms with van der Waals surface area (Å²) in [5.41, 5.74) is 1.60. The average Bonchev–Trinajstić information content (AvgIpc) is 3.06. The van der Waals surface area contributed by atoms with E-state index in [1.54, 1.807) is 12.5 Å². The molecule has 1 fully saturated rings. The third-order valence-corrected chi connectivity index (χ3v) is 4.66. The summed E-state index contributed by atoms with van der Waals surface area (Å²) in [6.45, 7) is 0.751. The molecule has 0 aliphatic carbocycles. The molecule has 1 aliphatic heterocycles. The first-order valence-corrected chi connectivity index (χ1v) is 8.24. The Kier molecular flexibility index (Phi) is 3.72. The Bertz CT molecular complexity index is 888. The van der Waals surface area contributed by atoms with Crippen molar-refractivity contribution in [1.29, 1.82) is 0 Å². The van der Waals surface area contributed by atoms with Crippen molar-refractivity contribution in [3.63, 3.8) is 0 Å². The van der Waals surface area contributed by atoms with E-state index in [0.29, 0.717) is 5.56 Å². The highest BCUT2D eigenvalue weighted by molar-refractivity contribution is 5.98. The van der Waals surface area contributed by atoms with E-state index in [9.17, 15) is 4.79 Å². The predicted molar refractivity (Wildman–Crippen MR) is 90.4 cm³/mol. The van der Waals surface area contributed by atoms with Crippen LogP contribution in [0.15, 0.2) is 42.9 Å². The molecule has 0 N–H and O–H groups in total. The molecule has 1 aliphatic rings. The van der Waals surface area contributed by atoms with Gasteiger partial charge in [0.25, 0.3) is 5.91 Å². The Balaban J connectivity index is 1.69. The molecule has 1 atom stereocenters. The van der Waals surface area contributed by atoms with E-state index in [1.165, 1.54) is 0 Å². The van der Waals surface area contributed by atoms with E-state index in [4.69, 9.17) is 0 Å². The van der Waals surface area contributed by atoms with Crippen LogP contribution < -0.4 is 0 Å². The molecule has 24 heavy (non-hydrogen) atoms. The second-order valence-corrected chi connectivity index (χ2v) is 6.22. The zero-order valence-electron chi connectivity index (χ0n) is 13.6. The molecular formula is C18H19N5O. The molecule has 1 aromatic carbocycles. The number of nitrogens with zero attached hydrogens (tertiary/aromatic N) is 5. The number of aryl methyl sites for hydroxylation is 1. The Hall–Kier alpha value is -2.76. The molecule has 1 unspecified atom stereocenters. The third kappa shape index (κ3) is 2.54. The molecule has 3 heterocycles. The van der Waals surface area contributed by atoms with Gasteiger partial charge in [-0.2, -0.15) is 0 Å². The van der Waals surface area contributed by atoms with E-state index in [-0.39, 0.29) is 11.9 Å². The molecule has 6 heteroatoms. The van der Waals surface area contributed by atoms with Gasteiger partial charge in [0.1, 0.15) is 6.33 Å². The number of rotatable bonds is 2. The molecule has 0 bridgehead atoms. The lowest BCUT2D eigenvalue weighted by Crippen LogP contribution is -2.39. The fraction of sp³-hybridized carbons (Fsp3) is 0.333. The molecular weight excluding hydrogens is 302 g/mol. The zero-order chi connectivity index (χ0) is 16.5. The van der Waals surface area contributed by atoms with Crippen molar-refractivity contribution in [3.05, 3.63) is 54.2 Å². The maximum absolute atomic E-state index is 13.1. The summed E-state index contributed by atoms with van der Waals surface area (Å²) in [5.74, 6) is 0.902. The largest absolute Gasteiger partial charge is 0.328 e. The van der Waals surface area contributed by atoms with Gasteiger partial charge in [0.15, 0.2) is 5.82 Å². The molecule has 122 valence electrons. The van der Waals surface area contributed by atoms with Gasteiger partial charge in [-0.3, -0.25) is 9.78 Å². The van der Waals surface area contributed by atoms with Crippen LogP contribution in [0.2, 0.25) is 0 Å². The Morgan fingerprint density at radius 1 is 1.25 bits per heavy atom. The van der Waals surface area contributed by atoms with Crippen molar-refractivity contribution in [2.24, 2.45) is 7.05 Å². The number of amides is 1. The Labute approximate surface area is 140 Å². The van der Waals surface area contributed by atoms with Gasteiger partial charge in [-0.1, -0.05) is 6.07 Å². The number of likely N-dealkylation sites (tertiary alicyclic amines) is 1. The van der Waals surface area contributed by atoms with Crippen LogP contribution in [-0.2, 0) is 7.05 Å². The maximum atomic E-state index is 13.1. The van der Waals surface area contributed by atoms with Crippen LogP contribution in [0.3, 0.4) is 0 Å². The van der Waals surface area contributed by atoms with Gasteiger partial charge in [-0.05, 0) is 43.5 Å². The number of piperidine rings is 1. The summed E-state index contributed by atoms with van der Waals surface area (Å²) in [7, 11) is 1.92.